The summed E-state index contributed by atoms with van der Waals surface area (Å²) in [5, 5.41) is 13.2. The molecule has 5 rings (SSSR count). The van der Waals surface area contributed by atoms with Crippen molar-refractivity contribution in [1.82, 2.24) is 15.0 Å². The van der Waals surface area contributed by atoms with Crippen molar-refractivity contribution in [2.75, 3.05) is 0 Å². The van der Waals surface area contributed by atoms with Crippen LogP contribution >= 0.6 is 11.6 Å². The Hall–Kier alpha value is -3.11. The molecule has 0 radical (unpaired) electrons. The number of halogens is 1. The molecule has 0 aliphatic carbocycles. The van der Waals surface area contributed by atoms with Crippen molar-refractivity contribution in [2.45, 2.75) is 26.7 Å². The van der Waals surface area contributed by atoms with Gasteiger partial charge in [-0.1, -0.05) is 25.4 Å². The molecule has 0 fully saturated rings. The molecule has 0 aliphatic rings. The molecule has 5 heteroatoms. The SMILES string of the molecule is Cc1[nH]c(-c2cc(O)cc3[nH]ccc23)c(C(C)C)c1-c1c(Cl)ccc2[nH]ccc12. The zero-order valence-electron chi connectivity index (χ0n) is 16.5. The summed E-state index contributed by atoms with van der Waals surface area (Å²) in [5.74, 6) is 0.496. The molecule has 0 saturated carbocycles. The van der Waals surface area contributed by atoms with E-state index in [0.29, 0.717) is 0 Å². The maximum atomic E-state index is 10.3. The zero-order valence-corrected chi connectivity index (χ0v) is 17.3. The number of aryl methyl sites for hydroxylation is 1. The van der Waals surface area contributed by atoms with Crippen LogP contribution in [0, 0.1) is 6.92 Å². The summed E-state index contributed by atoms with van der Waals surface area (Å²) in [6.45, 7) is 6.47. The van der Waals surface area contributed by atoms with Crippen LogP contribution in [0.1, 0.15) is 31.0 Å². The summed E-state index contributed by atoms with van der Waals surface area (Å²) in [6, 6.07) is 11.7. The molecule has 5 aromatic rings. The van der Waals surface area contributed by atoms with Crippen molar-refractivity contribution in [3.05, 3.63) is 65.1 Å². The van der Waals surface area contributed by atoms with E-state index in [9.17, 15) is 5.11 Å². The number of rotatable bonds is 3. The van der Waals surface area contributed by atoms with Gasteiger partial charge in [-0.15, -0.1) is 0 Å². The van der Waals surface area contributed by atoms with Gasteiger partial charge in [0.25, 0.3) is 0 Å². The third kappa shape index (κ3) is 2.67. The van der Waals surface area contributed by atoms with Gasteiger partial charge >= 0.3 is 0 Å². The van der Waals surface area contributed by atoms with Crippen LogP contribution in [0.2, 0.25) is 5.02 Å². The highest BCUT2D eigenvalue weighted by atomic mass is 35.5. The number of benzene rings is 2. The van der Waals surface area contributed by atoms with E-state index in [4.69, 9.17) is 11.6 Å². The maximum Gasteiger partial charge on any atom is 0.118 e. The summed E-state index contributed by atoms with van der Waals surface area (Å²) in [5.41, 5.74) is 8.42. The van der Waals surface area contributed by atoms with E-state index in [-0.39, 0.29) is 11.7 Å². The van der Waals surface area contributed by atoms with E-state index in [1.165, 1.54) is 5.56 Å². The van der Waals surface area contributed by atoms with Gasteiger partial charge in [0.2, 0.25) is 0 Å². The molecule has 3 heterocycles. The molecule has 4 N–H and O–H groups in total. The second-order valence-electron chi connectivity index (χ2n) is 7.86. The van der Waals surface area contributed by atoms with Crippen molar-refractivity contribution in [2.24, 2.45) is 0 Å². The minimum absolute atomic E-state index is 0.240. The number of hydrogen-bond donors (Lipinski definition) is 4. The smallest absolute Gasteiger partial charge is 0.118 e. The lowest BCUT2D eigenvalue weighted by atomic mass is 9.89. The molecule has 2 aromatic carbocycles. The fraction of sp³-hybridized carbons (Fsp3) is 0.167. The molecule has 0 unspecified atom stereocenters. The van der Waals surface area contributed by atoms with Crippen LogP contribution in [0.5, 0.6) is 5.75 Å². The number of hydrogen-bond acceptors (Lipinski definition) is 1. The molecule has 0 aliphatic heterocycles. The fourth-order valence-electron chi connectivity index (χ4n) is 4.48. The molecular formula is C24H22ClN3O. The van der Waals surface area contributed by atoms with Gasteiger partial charge in [0.15, 0.2) is 0 Å². The standard InChI is InChI=1S/C24H22ClN3O/c1-12(2)21-22(23-16-7-9-26-19(16)5-4-18(23)25)13(3)28-24(21)17-10-14(29)11-20-15(17)6-8-27-20/h4-12,26-29H,1-3H3. The average Bonchev–Trinajstić information content (AvgIpc) is 3.39. The number of aromatic hydroxyl groups is 1. The minimum Gasteiger partial charge on any atom is -0.508 e. The predicted molar refractivity (Wildman–Crippen MR) is 121 cm³/mol. The molecule has 146 valence electrons. The van der Waals surface area contributed by atoms with Crippen molar-refractivity contribution < 1.29 is 5.11 Å². The quantitative estimate of drug-likeness (QED) is 0.255. The van der Waals surface area contributed by atoms with Crippen LogP contribution in [0.3, 0.4) is 0 Å². The lowest BCUT2D eigenvalue weighted by molar-refractivity contribution is 0.476. The molecule has 3 aromatic heterocycles. The van der Waals surface area contributed by atoms with E-state index in [1.54, 1.807) is 6.07 Å². The number of phenols is 1. The second kappa shape index (κ2) is 6.46. The Morgan fingerprint density at radius 2 is 1.62 bits per heavy atom. The van der Waals surface area contributed by atoms with Gasteiger partial charge in [-0.2, -0.15) is 0 Å². The van der Waals surface area contributed by atoms with Gasteiger partial charge < -0.3 is 20.1 Å². The Bertz CT molecular complexity index is 1370. The molecule has 0 saturated heterocycles. The van der Waals surface area contributed by atoms with Crippen LogP contribution in [-0.2, 0) is 0 Å². The van der Waals surface area contributed by atoms with Gasteiger partial charge in [0.1, 0.15) is 5.75 Å². The van der Waals surface area contributed by atoms with Crippen molar-refractivity contribution in [1.29, 1.82) is 0 Å². The summed E-state index contributed by atoms with van der Waals surface area (Å²) in [6.07, 6.45) is 3.85. The molecular weight excluding hydrogens is 382 g/mol. The highest BCUT2D eigenvalue weighted by Gasteiger charge is 2.24. The fourth-order valence-corrected chi connectivity index (χ4v) is 4.73. The summed E-state index contributed by atoms with van der Waals surface area (Å²) in [4.78, 5) is 10.1. The van der Waals surface area contributed by atoms with E-state index < -0.39 is 0 Å². The van der Waals surface area contributed by atoms with E-state index in [2.05, 4.69) is 41.8 Å². The van der Waals surface area contributed by atoms with Crippen LogP contribution in [0.4, 0.5) is 0 Å². The summed E-state index contributed by atoms with van der Waals surface area (Å²) in [7, 11) is 0. The van der Waals surface area contributed by atoms with Gasteiger partial charge in [-0.3, -0.25) is 0 Å². The highest BCUT2D eigenvalue weighted by Crippen LogP contribution is 2.46. The monoisotopic (exact) mass is 403 g/mol. The second-order valence-corrected chi connectivity index (χ2v) is 8.27. The van der Waals surface area contributed by atoms with Crippen LogP contribution in [0.15, 0.2) is 48.8 Å². The lowest BCUT2D eigenvalue weighted by Gasteiger charge is -2.15. The first-order valence-electron chi connectivity index (χ1n) is 9.74. The van der Waals surface area contributed by atoms with Gasteiger partial charge in [-0.05, 0) is 48.7 Å². The highest BCUT2D eigenvalue weighted by molar-refractivity contribution is 6.35. The molecule has 0 amide bonds. The van der Waals surface area contributed by atoms with Crippen LogP contribution in [-0.4, -0.2) is 20.1 Å². The van der Waals surface area contributed by atoms with Crippen molar-refractivity contribution >= 4 is 33.4 Å². The number of aromatic amines is 3. The van der Waals surface area contributed by atoms with Crippen molar-refractivity contribution in [3.8, 4) is 28.1 Å². The zero-order chi connectivity index (χ0) is 20.3. The van der Waals surface area contributed by atoms with Crippen molar-refractivity contribution in [3.63, 3.8) is 0 Å². The van der Waals surface area contributed by atoms with Gasteiger partial charge in [0, 0.05) is 67.7 Å². The molecule has 29 heavy (non-hydrogen) atoms. The van der Waals surface area contributed by atoms with Gasteiger partial charge in [-0.25, -0.2) is 0 Å². The first-order valence-corrected chi connectivity index (χ1v) is 10.1. The number of fused-ring (bicyclic) bond motifs is 2. The van der Waals surface area contributed by atoms with E-state index in [0.717, 1.165) is 54.9 Å². The number of phenolic OH excluding ortho intramolecular Hbond substituents is 1. The minimum atomic E-state index is 0.240. The third-order valence-corrected chi connectivity index (χ3v) is 5.97. The van der Waals surface area contributed by atoms with Crippen LogP contribution < -0.4 is 0 Å². The number of aromatic nitrogens is 3. The maximum absolute atomic E-state index is 10.3. The Kier molecular flexibility index (Phi) is 4.00. The van der Waals surface area contributed by atoms with E-state index >= 15 is 0 Å². The molecule has 0 bridgehead atoms. The normalized spacial score (nSPS) is 11.9. The molecule has 0 spiro atoms. The number of H-pyrrole nitrogens is 3. The average molecular weight is 404 g/mol. The van der Waals surface area contributed by atoms with E-state index in [1.807, 2.05) is 36.7 Å². The lowest BCUT2D eigenvalue weighted by Crippen LogP contribution is -1.94. The largest absolute Gasteiger partial charge is 0.508 e. The topological polar surface area (TPSA) is 67.6 Å². The summed E-state index contributed by atoms with van der Waals surface area (Å²) >= 11 is 6.73. The van der Waals surface area contributed by atoms with Crippen LogP contribution in [0.25, 0.3) is 44.2 Å². The molecule has 4 nitrogen and oxygen atoms in total. The Morgan fingerprint density at radius 1 is 0.897 bits per heavy atom. The summed E-state index contributed by atoms with van der Waals surface area (Å²) < 4.78 is 0. The Balaban J connectivity index is 1.88. The third-order valence-electron chi connectivity index (χ3n) is 5.66. The van der Waals surface area contributed by atoms with Gasteiger partial charge in [0.05, 0.1) is 5.69 Å². The molecule has 0 atom stereocenters. The Labute approximate surface area is 173 Å². The predicted octanol–water partition coefficient (Wildman–Crippen LogP) is 7.10. The first kappa shape index (κ1) is 18.0. The first-order chi connectivity index (χ1) is 14.0. The Morgan fingerprint density at radius 3 is 2.38 bits per heavy atom. The number of nitrogens with one attached hydrogen (secondary N) is 3.